The number of benzene rings is 2. The zero-order valence-corrected chi connectivity index (χ0v) is 15.2. The molecule has 2 aromatic carbocycles. The van der Waals surface area contributed by atoms with E-state index in [9.17, 15) is 13.6 Å². The fourth-order valence-electron chi connectivity index (χ4n) is 3.66. The lowest BCUT2D eigenvalue weighted by molar-refractivity contribution is -0.121. The second kappa shape index (κ2) is 7.15. The molecule has 0 unspecified atom stereocenters. The Morgan fingerprint density at radius 2 is 1.78 bits per heavy atom. The molecule has 0 spiro atoms. The van der Waals surface area contributed by atoms with E-state index in [-0.39, 0.29) is 11.5 Å². The van der Waals surface area contributed by atoms with Gasteiger partial charge in [0.05, 0.1) is 5.41 Å². The predicted octanol–water partition coefficient (Wildman–Crippen LogP) is 4.93. The first-order chi connectivity index (χ1) is 13.1. The van der Waals surface area contributed by atoms with E-state index < -0.39 is 17.0 Å². The van der Waals surface area contributed by atoms with Crippen LogP contribution in [-0.4, -0.2) is 16.1 Å². The highest BCUT2D eigenvalue weighted by molar-refractivity contribution is 7.18. The van der Waals surface area contributed by atoms with Crippen molar-refractivity contribution in [1.29, 1.82) is 0 Å². The number of nitrogens with zero attached hydrogens (tertiary/aromatic N) is 2. The molecular weight excluding hydrogens is 368 g/mol. The molecule has 0 atom stereocenters. The Labute approximate surface area is 159 Å². The van der Waals surface area contributed by atoms with Gasteiger partial charge >= 0.3 is 0 Å². The summed E-state index contributed by atoms with van der Waals surface area (Å²) in [5, 5.41) is 12.0. The molecule has 138 valence electrons. The van der Waals surface area contributed by atoms with Crippen LogP contribution >= 0.6 is 11.3 Å². The molecule has 4 nitrogen and oxygen atoms in total. The number of hydrogen-bond acceptors (Lipinski definition) is 4. The Kier molecular flexibility index (Phi) is 4.70. The van der Waals surface area contributed by atoms with Crippen LogP contribution in [0, 0.1) is 11.6 Å². The number of carbonyl (C=O) groups excluding carboxylic acids is 1. The number of anilines is 1. The van der Waals surface area contributed by atoms with Crippen molar-refractivity contribution in [1.82, 2.24) is 10.2 Å². The van der Waals surface area contributed by atoms with E-state index >= 15 is 0 Å². The van der Waals surface area contributed by atoms with Crippen LogP contribution < -0.4 is 5.32 Å². The van der Waals surface area contributed by atoms with Crippen LogP contribution in [0.1, 0.15) is 31.2 Å². The van der Waals surface area contributed by atoms with Crippen molar-refractivity contribution in [2.45, 2.75) is 31.1 Å². The third-order valence-electron chi connectivity index (χ3n) is 5.00. The van der Waals surface area contributed by atoms with Crippen molar-refractivity contribution < 1.29 is 13.6 Å². The van der Waals surface area contributed by atoms with Gasteiger partial charge in [0, 0.05) is 17.2 Å². The topological polar surface area (TPSA) is 54.9 Å². The van der Waals surface area contributed by atoms with E-state index in [0.717, 1.165) is 24.5 Å². The molecule has 1 saturated carbocycles. The zero-order valence-electron chi connectivity index (χ0n) is 14.4. The first kappa shape index (κ1) is 17.7. The van der Waals surface area contributed by atoms with Gasteiger partial charge in [0.2, 0.25) is 11.0 Å². The third kappa shape index (κ3) is 3.35. The molecule has 7 heteroatoms. The number of rotatable bonds is 4. The summed E-state index contributed by atoms with van der Waals surface area (Å²) in [6.07, 6.45) is 2.67. The largest absolute Gasteiger partial charge is 0.300 e. The maximum Gasteiger partial charge on any atom is 0.236 e. The molecule has 0 bridgehead atoms. The zero-order chi connectivity index (χ0) is 18.9. The Morgan fingerprint density at radius 1 is 1.04 bits per heavy atom. The maximum atomic E-state index is 14.4. The summed E-state index contributed by atoms with van der Waals surface area (Å²) in [5.74, 6) is -1.66. The summed E-state index contributed by atoms with van der Waals surface area (Å²) >= 11 is 1.27. The molecule has 1 N–H and O–H groups in total. The van der Waals surface area contributed by atoms with Gasteiger partial charge in [-0.1, -0.05) is 60.6 Å². The summed E-state index contributed by atoms with van der Waals surface area (Å²) in [4.78, 5) is 13.1. The lowest BCUT2D eigenvalue weighted by atomic mass is 9.77. The van der Waals surface area contributed by atoms with E-state index in [4.69, 9.17) is 0 Å². The predicted molar refractivity (Wildman–Crippen MR) is 100 cm³/mol. The number of hydrogen-bond donors (Lipinski definition) is 1. The van der Waals surface area contributed by atoms with Gasteiger partial charge in [-0.25, -0.2) is 8.78 Å². The number of aromatic nitrogens is 2. The van der Waals surface area contributed by atoms with Crippen LogP contribution in [0.2, 0.25) is 0 Å². The van der Waals surface area contributed by atoms with Gasteiger partial charge in [0.1, 0.15) is 16.6 Å². The molecule has 1 aromatic heterocycles. The lowest BCUT2D eigenvalue weighted by Gasteiger charge is -2.28. The van der Waals surface area contributed by atoms with E-state index in [1.807, 2.05) is 30.3 Å². The molecule has 4 rings (SSSR count). The number of halogens is 2. The summed E-state index contributed by atoms with van der Waals surface area (Å²) in [6, 6.07) is 13.0. The normalized spacial score (nSPS) is 15.6. The summed E-state index contributed by atoms with van der Waals surface area (Å²) in [7, 11) is 0. The molecule has 1 fully saturated rings. The van der Waals surface area contributed by atoms with Gasteiger partial charge in [0.15, 0.2) is 0 Å². The summed E-state index contributed by atoms with van der Waals surface area (Å²) < 4.78 is 27.7. The molecule has 1 amide bonds. The van der Waals surface area contributed by atoms with Crippen molar-refractivity contribution in [3.63, 3.8) is 0 Å². The first-order valence-electron chi connectivity index (χ1n) is 8.74. The molecule has 1 aliphatic rings. The number of amides is 1. The van der Waals surface area contributed by atoms with Crippen LogP contribution in [0.15, 0.2) is 48.5 Å². The van der Waals surface area contributed by atoms with Gasteiger partial charge in [-0.15, -0.1) is 10.2 Å². The monoisotopic (exact) mass is 385 g/mol. The molecule has 27 heavy (non-hydrogen) atoms. The maximum absolute atomic E-state index is 14.4. The molecule has 0 radical (unpaired) electrons. The van der Waals surface area contributed by atoms with Crippen molar-refractivity contribution in [2.24, 2.45) is 0 Å². The molecule has 0 saturated heterocycles. The standard InChI is InChI=1S/C20H17F2N3OS/c21-14-8-9-15(16(22)12-14)20(10-4-5-11-20)18(26)23-19-25-24-17(27-19)13-6-2-1-3-7-13/h1-3,6-9,12H,4-5,10-11H2,(H,23,25,26). The Morgan fingerprint density at radius 3 is 2.48 bits per heavy atom. The highest BCUT2D eigenvalue weighted by atomic mass is 32.1. The van der Waals surface area contributed by atoms with E-state index in [1.54, 1.807) is 0 Å². The van der Waals surface area contributed by atoms with E-state index in [2.05, 4.69) is 15.5 Å². The minimum Gasteiger partial charge on any atom is -0.300 e. The van der Waals surface area contributed by atoms with Crippen molar-refractivity contribution in [2.75, 3.05) is 5.32 Å². The molecule has 0 aliphatic heterocycles. The molecule has 1 heterocycles. The number of nitrogens with one attached hydrogen (secondary N) is 1. The smallest absolute Gasteiger partial charge is 0.236 e. The fraction of sp³-hybridized carbons (Fsp3) is 0.250. The van der Waals surface area contributed by atoms with Gasteiger partial charge in [-0.2, -0.15) is 0 Å². The second-order valence-corrected chi connectivity index (χ2v) is 7.62. The van der Waals surface area contributed by atoms with Crippen molar-refractivity contribution in [3.05, 3.63) is 65.7 Å². The Hall–Kier alpha value is -2.67. The molecule has 3 aromatic rings. The summed E-state index contributed by atoms with van der Waals surface area (Å²) in [5.41, 5.74) is 0.151. The fourth-order valence-corrected chi connectivity index (χ4v) is 4.41. The van der Waals surface area contributed by atoms with Gasteiger partial charge in [-0.05, 0) is 18.9 Å². The highest BCUT2D eigenvalue weighted by Crippen LogP contribution is 2.43. The van der Waals surface area contributed by atoms with E-state index in [1.165, 1.54) is 23.5 Å². The van der Waals surface area contributed by atoms with Crippen molar-refractivity contribution in [3.8, 4) is 10.6 Å². The quantitative estimate of drug-likeness (QED) is 0.693. The average Bonchev–Trinajstić information content (AvgIpc) is 3.33. The van der Waals surface area contributed by atoms with Crippen LogP contribution in [0.4, 0.5) is 13.9 Å². The molecular formula is C20H17F2N3OS. The Bertz CT molecular complexity index is 968. The van der Waals surface area contributed by atoms with Gasteiger partial charge in [-0.3, -0.25) is 10.1 Å². The minimum atomic E-state index is -1.00. The van der Waals surface area contributed by atoms with Crippen LogP contribution in [0.3, 0.4) is 0 Å². The summed E-state index contributed by atoms with van der Waals surface area (Å²) in [6.45, 7) is 0. The van der Waals surface area contributed by atoms with Crippen LogP contribution in [-0.2, 0) is 10.2 Å². The van der Waals surface area contributed by atoms with Gasteiger partial charge < -0.3 is 0 Å². The van der Waals surface area contributed by atoms with E-state index in [0.29, 0.717) is 23.0 Å². The van der Waals surface area contributed by atoms with Crippen molar-refractivity contribution >= 4 is 22.4 Å². The molecule has 1 aliphatic carbocycles. The lowest BCUT2D eigenvalue weighted by Crippen LogP contribution is -2.38. The average molecular weight is 385 g/mol. The SMILES string of the molecule is O=C(Nc1nnc(-c2ccccc2)s1)C1(c2ccc(F)cc2F)CCCC1. The van der Waals surface area contributed by atoms with Gasteiger partial charge in [0.25, 0.3) is 0 Å². The second-order valence-electron chi connectivity index (χ2n) is 6.65. The highest BCUT2D eigenvalue weighted by Gasteiger charge is 2.44. The van der Waals surface area contributed by atoms with Crippen LogP contribution in [0.5, 0.6) is 0 Å². The third-order valence-corrected chi connectivity index (χ3v) is 5.89. The first-order valence-corrected chi connectivity index (χ1v) is 9.56. The Balaban J connectivity index is 1.61. The number of carbonyl (C=O) groups is 1. The van der Waals surface area contributed by atoms with Crippen LogP contribution in [0.25, 0.3) is 10.6 Å². The minimum absolute atomic E-state index is 0.242.